The number of aliphatic hydroxyl groups excluding tert-OH is 1. The minimum Gasteiger partial charge on any atom is -0.489 e. The average Bonchev–Trinajstić information content (AvgIpc) is 2.03. The van der Waals surface area contributed by atoms with Crippen LogP contribution in [0.2, 0.25) is 5.02 Å². The van der Waals surface area contributed by atoms with E-state index in [9.17, 15) is 0 Å². The van der Waals surface area contributed by atoms with Crippen LogP contribution in [0.25, 0.3) is 0 Å². The quantitative estimate of drug-likeness (QED) is 0.784. The first kappa shape index (κ1) is 9.36. The second-order valence-corrected chi connectivity index (χ2v) is 3.00. The fourth-order valence-corrected chi connectivity index (χ4v) is 0.962. The minimum absolute atomic E-state index is 0.268. The van der Waals surface area contributed by atoms with Gasteiger partial charge in [0.15, 0.2) is 0 Å². The lowest BCUT2D eigenvalue weighted by atomic mass is 10.3. The Hall–Kier alpha value is -0.730. The zero-order valence-corrected chi connectivity index (χ0v) is 7.58. The predicted octanol–water partition coefficient (Wildman–Crippen LogP) is 2.10. The largest absolute Gasteiger partial charge is 0.489 e. The molecule has 0 radical (unpaired) electrons. The lowest BCUT2D eigenvalue weighted by Crippen LogP contribution is -2.12. The Morgan fingerprint density at radius 1 is 1.50 bits per heavy atom. The second-order valence-electron chi connectivity index (χ2n) is 2.59. The van der Waals surface area contributed by atoms with Gasteiger partial charge in [-0.15, -0.1) is 0 Å². The Labute approximate surface area is 76.7 Å². The van der Waals surface area contributed by atoms with Crippen LogP contribution >= 0.6 is 11.6 Å². The lowest BCUT2D eigenvalue weighted by molar-refractivity contribution is 0.123. The number of ether oxygens (including phenoxy) is 1. The van der Waals surface area contributed by atoms with Crippen molar-refractivity contribution < 1.29 is 9.84 Å². The number of rotatable bonds is 3. The molecule has 0 aliphatic carbocycles. The van der Waals surface area contributed by atoms with Gasteiger partial charge in [0.05, 0.1) is 11.1 Å². The molecule has 66 valence electrons. The predicted molar refractivity (Wildman–Crippen MR) is 48.6 cm³/mol. The molecule has 0 aliphatic rings. The van der Waals surface area contributed by atoms with Crippen LogP contribution in [-0.2, 0) is 0 Å². The normalized spacial score (nSPS) is 12.6. The maximum atomic E-state index is 8.94. The van der Waals surface area contributed by atoms with Gasteiger partial charge in [0.1, 0.15) is 12.4 Å². The highest BCUT2D eigenvalue weighted by molar-refractivity contribution is 6.32. The first-order valence-corrected chi connectivity index (χ1v) is 4.13. The molecular formula is C9H11ClO2. The zero-order chi connectivity index (χ0) is 8.97. The molecule has 3 heteroatoms. The van der Waals surface area contributed by atoms with Crippen molar-refractivity contribution in [2.45, 2.75) is 13.0 Å². The van der Waals surface area contributed by atoms with E-state index in [1.54, 1.807) is 19.1 Å². The Morgan fingerprint density at radius 2 is 2.17 bits per heavy atom. The fraction of sp³-hybridized carbons (Fsp3) is 0.333. The molecule has 0 saturated heterocycles. The van der Waals surface area contributed by atoms with Gasteiger partial charge >= 0.3 is 0 Å². The Kier molecular flexibility index (Phi) is 3.38. The van der Waals surface area contributed by atoms with E-state index in [-0.39, 0.29) is 6.61 Å². The van der Waals surface area contributed by atoms with E-state index in [1.165, 1.54) is 0 Å². The molecule has 0 fully saturated rings. The summed E-state index contributed by atoms with van der Waals surface area (Å²) in [7, 11) is 0. The smallest absolute Gasteiger partial charge is 0.138 e. The third-order valence-corrected chi connectivity index (χ3v) is 1.63. The van der Waals surface area contributed by atoms with Gasteiger partial charge in [-0.2, -0.15) is 0 Å². The molecule has 12 heavy (non-hydrogen) atoms. The number of hydrogen-bond donors (Lipinski definition) is 1. The van der Waals surface area contributed by atoms with Gasteiger partial charge in [0.2, 0.25) is 0 Å². The maximum absolute atomic E-state index is 8.94. The van der Waals surface area contributed by atoms with Crippen LogP contribution in [0.15, 0.2) is 24.3 Å². The molecule has 0 amide bonds. The molecular weight excluding hydrogens is 176 g/mol. The standard InChI is InChI=1S/C9H11ClO2/c1-7(11)6-12-9-5-3-2-4-8(9)10/h2-5,7,11H,6H2,1H3. The average molecular weight is 187 g/mol. The zero-order valence-electron chi connectivity index (χ0n) is 6.83. The fourth-order valence-electron chi connectivity index (χ4n) is 0.772. The first-order chi connectivity index (χ1) is 5.70. The van der Waals surface area contributed by atoms with E-state index < -0.39 is 6.10 Å². The van der Waals surface area contributed by atoms with Crippen molar-refractivity contribution in [1.29, 1.82) is 0 Å². The van der Waals surface area contributed by atoms with Crippen molar-refractivity contribution in [2.75, 3.05) is 6.61 Å². The van der Waals surface area contributed by atoms with Gasteiger partial charge in [-0.05, 0) is 19.1 Å². The van der Waals surface area contributed by atoms with Crippen LogP contribution in [-0.4, -0.2) is 17.8 Å². The molecule has 0 aliphatic heterocycles. The summed E-state index contributed by atoms with van der Waals surface area (Å²) in [5.41, 5.74) is 0. The number of para-hydroxylation sites is 1. The van der Waals surface area contributed by atoms with E-state index in [4.69, 9.17) is 21.4 Å². The summed E-state index contributed by atoms with van der Waals surface area (Å²) < 4.78 is 5.22. The number of hydrogen-bond acceptors (Lipinski definition) is 2. The molecule has 1 unspecified atom stereocenters. The maximum Gasteiger partial charge on any atom is 0.138 e. The van der Waals surface area contributed by atoms with Gasteiger partial charge in [0, 0.05) is 0 Å². The summed E-state index contributed by atoms with van der Waals surface area (Å²) in [5.74, 6) is 0.611. The molecule has 1 aromatic carbocycles. The number of benzene rings is 1. The summed E-state index contributed by atoms with van der Waals surface area (Å²) in [6.45, 7) is 1.93. The molecule has 0 bridgehead atoms. The molecule has 2 nitrogen and oxygen atoms in total. The Bertz CT molecular complexity index is 248. The summed E-state index contributed by atoms with van der Waals surface area (Å²) in [6, 6.07) is 7.18. The third kappa shape index (κ3) is 2.72. The van der Waals surface area contributed by atoms with E-state index in [1.807, 2.05) is 12.1 Å². The topological polar surface area (TPSA) is 29.5 Å². The molecule has 1 N–H and O–H groups in total. The minimum atomic E-state index is -0.471. The highest BCUT2D eigenvalue weighted by atomic mass is 35.5. The molecule has 1 rings (SSSR count). The van der Waals surface area contributed by atoms with Gasteiger partial charge in [0.25, 0.3) is 0 Å². The third-order valence-electron chi connectivity index (χ3n) is 1.32. The van der Waals surface area contributed by atoms with Gasteiger partial charge in [-0.3, -0.25) is 0 Å². The summed E-state index contributed by atoms with van der Waals surface area (Å²) in [6.07, 6.45) is -0.471. The molecule has 0 saturated carbocycles. The molecule has 1 aromatic rings. The van der Waals surface area contributed by atoms with E-state index in [0.717, 1.165) is 0 Å². The van der Waals surface area contributed by atoms with Crippen molar-refractivity contribution in [1.82, 2.24) is 0 Å². The van der Waals surface area contributed by atoms with E-state index >= 15 is 0 Å². The SMILES string of the molecule is CC(O)COc1ccccc1Cl. The number of halogens is 1. The second kappa shape index (κ2) is 4.33. The van der Waals surface area contributed by atoms with Crippen LogP contribution < -0.4 is 4.74 Å². The van der Waals surface area contributed by atoms with E-state index in [0.29, 0.717) is 10.8 Å². The van der Waals surface area contributed by atoms with E-state index in [2.05, 4.69) is 0 Å². The highest BCUT2D eigenvalue weighted by Crippen LogP contribution is 2.22. The van der Waals surface area contributed by atoms with Crippen LogP contribution in [0, 0.1) is 0 Å². The summed E-state index contributed by atoms with van der Waals surface area (Å²) in [4.78, 5) is 0. The Balaban J connectivity index is 2.57. The van der Waals surface area contributed by atoms with Crippen molar-refractivity contribution in [3.05, 3.63) is 29.3 Å². The number of aliphatic hydroxyl groups is 1. The summed E-state index contributed by atoms with van der Waals surface area (Å²) in [5, 5.41) is 9.50. The van der Waals surface area contributed by atoms with Crippen LogP contribution in [0.4, 0.5) is 0 Å². The van der Waals surface area contributed by atoms with Crippen LogP contribution in [0.1, 0.15) is 6.92 Å². The van der Waals surface area contributed by atoms with Crippen molar-refractivity contribution in [3.63, 3.8) is 0 Å². The molecule has 0 heterocycles. The van der Waals surface area contributed by atoms with Crippen molar-refractivity contribution >= 4 is 11.6 Å². The first-order valence-electron chi connectivity index (χ1n) is 3.75. The van der Waals surface area contributed by atoms with Crippen LogP contribution in [0.3, 0.4) is 0 Å². The van der Waals surface area contributed by atoms with Crippen LogP contribution in [0.5, 0.6) is 5.75 Å². The Morgan fingerprint density at radius 3 is 2.75 bits per heavy atom. The lowest BCUT2D eigenvalue weighted by Gasteiger charge is -2.08. The van der Waals surface area contributed by atoms with Gasteiger partial charge in [-0.1, -0.05) is 23.7 Å². The van der Waals surface area contributed by atoms with Gasteiger partial charge in [-0.25, -0.2) is 0 Å². The van der Waals surface area contributed by atoms with Crippen molar-refractivity contribution in [3.8, 4) is 5.75 Å². The molecule has 0 aromatic heterocycles. The summed E-state index contributed by atoms with van der Waals surface area (Å²) >= 11 is 5.80. The van der Waals surface area contributed by atoms with Gasteiger partial charge < -0.3 is 9.84 Å². The highest BCUT2D eigenvalue weighted by Gasteiger charge is 2.00. The van der Waals surface area contributed by atoms with Crippen molar-refractivity contribution in [2.24, 2.45) is 0 Å². The molecule has 1 atom stereocenters. The monoisotopic (exact) mass is 186 g/mol. The molecule has 0 spiro atoms.